The number of carbonyl (C=O) groups excluding carboxylic acids is 4. The highest BCUT2D eigenvalue weighted by atomic mass is 16.5. The summed E-state index contributed by atoms with van der Waals surface area (Å²) in [6, 6.07) is 4.23. The van der Waals surface area contributed by atoms with Crippen LogP contribution < -0.4 is 10.6 Å². The van der Waals surface area contributed by atoms with Crippen LogP contribution in [-0.4, -0.2) is 103 Å². The van der Waals surface area contributed by atoms with Crippen molar-refractivity contribution in [3.63, 3.8) is 0 Å². The zero-order valence-electron chi connectivity index (χ0n) is 31.7. The van der Waals surface area contributed by atoms with Gasteiger partial charge in [-0.05, 0) is 55.2 Å². The van der Waals surface area contributed by atoms with Gasteiger partial charge in [0.1, 0.15) is 23.7 Å². The number of benzene rings is 1. The molecule has 0 saturated carbocycles. The first-order valence-electron chi connectivity index (χ1n) is 18.6. The molecule has 288 valence electrons. The maximum absolute atomic E-state index is 13.6. The summed E-state index contributed by atoms with van der Waals surface area (Å²) in [5.41, 5.74) is 5.18. The molecule has 0 spiro atoms. The van der Waals surface area contributed by atoms with Crippen LogP contribution in [0.5, 0.6) is 0 Å². The summed E-state index contributed by atoms with van der Waals surface area (Å²) < 4.78 is 9.49. The molecule has 4 unspecified atom stereocenters. The molecule has 0 radical (unpaired) electrons. The minimum Gasteiger partial charge on any atom is -0.453 e. The molecular weight excluding hydrogens is 692 g/mol. The quantitative estimate of drug-likeness (QED) is 0.162. The van der Waals surface area contributed by atoms with E-state index < -0.39 is 24.3 Å². The molecule has 54 heavy (non-hydrogen) atoms. The first-order chi connectivity index (χ1) is 25.9. The van der Waals surface area contributed by atoms with Crippen LogP contribution in [0.2, 0.25) is 0 Å². The largest absolute Gasteiger partial charge is 0.453 e. The highest BCUT2D eigenvalue weighted by Crippen LogP contribution is 2.34. The number of H-pyrrole nitrogens is 2. The van der Waals surface area contributed by atoms with Crippen LogP contribution in [0.25, 0.3) is 11.0 Å². The predicted octanol–water partition coefficient (Wildman–Crippen LogP) is 4.35. The van der Waals surface area contributed by atoms with Crippen LogP contribution in [0.3, 0.4) is 0 Å². The minimum absolute atomic E-state index is 0.109. The monoisotopic (exact) mass is 742 g/mol. The second-order valence-electron chi connectivity index (χ2n) is 14.7. The maximum atomic E-state index is 13.6. The van der Waals surface area contributed by atoms with Crippen molar-refractivity contribution in [2.45, 2.75) is 90.4 Å². The number of aromatic nitrogens is 6. The van der Waals surface area contributed by atoms with Crippen LogP contribution in [-0.2, 0) is 31.9 Å². The summed E-state index contributed by atoms with van der Waals surface area (Å²) in [4.78, 5) is 80.1. The Morgan fingerprint density at radius 3 is 1.85 bits per heavy atom. The highest BCUT2D eigenvalue weighted by Gasteiger charge is 2.39. The Balaban J connectivity index is 1.08. The third-order valence-electron chi connectivity index (χ3n) is 10.2. The number of rotatable bonds is 12. The topological polar surface area (TPSA) is 200 Å². The highest BCUT2D eigenvalue weighted by molar-refractivity contribution is 5.87. The fourth-order valence-corrected chi connectivity index (χ4v) is 7.33. The Labute approximate surface area is 314 Å². The molecule has 16 heteroatoms. The van der Waals surface area contributed by atoms with E-state index in [-0.39, 0.29) is 35.7 Å². The maximum Gasteiger partial charge on any atom is 0.407 e. The van der Waals surface area contributed by atoms with Gasteiger partial charge in [0.2, 0.25) is 11.8 Å². The molecule has 2 aliphatic rings. The van der Waals surface area contributed by atoms with E-state index in [1.807, 2.05) is 39.8 Å². The SMILES string of the molecule is COC(=O)NC(C(=O)N1CCCC1c1ncc(Cc2cnc(Cc3ccc4nc(C5CCCN5C(=O)C(NC(=O)OC)C(C)C)[nH]c4c3)cn2)[nH]1)C(C)C. The molecular formula is C38H50N10O6. The molecule has 2 saturated heterocycles. The number of alkyl carbamates (subject to hydrolysis) is 2. The lowest BCUT2D eigenvalue weighted by Gasteiger charge is -2.30. The van der Waals surface area contributed by atoms with Crippen molar-refractivity contribution in [3.8, 4) is 0 Å². The Morgan fingerprint density at radius 1 is 0.759 bits per heavy atom. The van der Waals surface area contributed by atoms with Crippen molar-refractivity contribution in [2.24, 2.45) is 11.8 Å². The normalized spacial score (nSPS) is 18.3. The lowest BCUT2D eigenvalue weighted by atomic mass is 10.0. The smallest absolute Gasteiger partial charge is 0.407 e. The molecule has 5 heterocycles. The second-order valence-corrected chi connectivity index (χ2v) is 14.7. The molecule has 16 nitrogen and oxygen atoms in total. The summed E-state index contributed by atoms with van der Waals surface area (Å²) >= 11 is 0. The molecule has 4 aromatic rings. The number of hydrogen-bond acceptors (Lipinski definition) is 10. The number of methoxy groups -OCH3 is 2. The van der Waals surface area contributed by atoms with Gasteiger partial charge in [-0.3, -0.25) is 19.6 Å². The van der Waals surface area contributed by atoms with E-state index in [0.29, 0.717) is 31.8 Å². The molecule has 3 aromatic heterocycles. The third kappa shape index (κ3) is 8.47. The molecule has 4 N–H and O–H groups in total. The number of aromatic amines is 2. The van der Waals surface area contributed by atoms with Crippen LogP contribution in [0.1, 0.15) is 99.8 Å². The van der Waals surface area contributed by atoms with Crippen molar-refractivity contribution in [1.29, 1.82) is 0 Å². The Hall–Kier alpha value is -5.54. The summed E-state index contributed by atoms with van der Waals surface area (Å²) in [6.45, 7) is 8.75. The number of amides is 4. The number of imidazole rings is 2. The Morgan fingerprint density at radius 2 is 1.31 bits per heavy atom. The Kier molecular flexibility index (Phi) is 11.8. The molecule has 4 amide bonds. The van der Waals surface area contributed by atoms with Crippen molar-refractivity contribution in [3.05, 3.63) is 71.1 Å². The van der Waals surface area contributed by atoms with Gasteiger partial charge in [-0.25, -0.2) is 19.6 Å². The second kappa shape index (κ2) is 16.6. The van der Waals surface area contributed by atoms with Crippen molar-refractivity contribution >= 4 is 35.0 Å². The van der Waals surface area contributed by atoms with E-state index in [0.717, 1.165) is 65.2 Å². The third-order valence-corrected chi connectivity index (χ3v) is 10.2. The Bertz CT molecular complexity index is 1960. The summed E-state index contributed by atoms with van der Waals surface area (Å²) in [5.74, 6) is 0.919. The van der Waals surface area contributed by atoms with Gasteiger partial charge < -0.3 is 39.9 Å². The van der Waals surface area contributed by atoms with Gasteiger partial charge in [0.15, 0.2) is 0 Å². The van der Waals surface area contributed by atoms with Gasteiger partial charge in [-0.15, -0.1) is 0 Å². The average molecular weight is 743 g/mol. The molecule has 2 fully saturated rings. The first kappa shape index (κ1) is 38.2. The molecule has 0 aliphatic carbocycles. The molecule has 6 rings (SSSR count). The average Bonchev–Trinajstić information content (AvgIpc) is 3.99. The van der Waals surface area contributed by atoms with Gasteiger partial charge in [0, 0.05) is 50.2 Å². The zero-order chi connectivity index (χ0) is 38.5. The minimum atomic E-state index is -0.694. The van der Waals surface area contributed by atoms with E-state index in [1.165, 1.54) is 14.2 Å². The standard InChI is InChI=1S/C38H50N10O6/c1-21(2)31(45-37(51)53-5)35(49)47-13-7-9-29(47)33-41-20-26(42-33)17-25-19-39-24(18-40-25)15-23-11-12-27-28(16-23)44-34(43-27)30-10-8-14-48(30)36(50)32(22(3)4)46-38(52)54-6/h11-12,16,18-22,29-32H,7-10,13-15,17H2,1-6H3,(H,41,42)(H,43,44)(H,45,51)(H,46,52). The summed E-state index contributed by atoms with van der Waals surface area (Å²) in [6.07, 6.45) is 8.36. The van der Waals surface area contributed by atoms with Gasteiger partial charge in [-0.1, -0.05) is 33.8 Å². The van der Waals surface area contributed by atoms with Crippen molar-refractivity contribution in [1.82, 2.24) is 50.3 Å². The fraction of sp³-hybridized carbons (Fsp3) is 0.526. The van der Waals surface area contributed by atoms with Gasteiger partial charge >= 0.3 is 12.2 Å². The zero-order valence-corrected chi connectivity index (χ0v) is 31.7. The predicted molar refractivity (Wildman–Crippen MR) is 198 cm³/mol. The van der Waals surface area contributed by atoms with E-state index in [2.05, 4.69) is 41.6 Å². The first-order valence-corrected chi connectivity index (χ1v) is 18.6. The lowest BCUT2D eigenvalue weighted by Crippen LogP contribution is -2.51. The fourth-order valence-electron chi connectivity index (χ4n) is 7.33. The number of likely N-dealkylation sites (tertiary alicyclic amines) is 2. The number of carbonyl (C=O) groups is 4. The van der Waals surface area contributed by atoms with Gasteiger partial charge in [-0.2, -0.15) is 0 Å². The lowest BCUT2D eigenvalue weighted by molar-refractivity contribution is -0.136. The molecule has 1 aromatic carbocycles. The number of hydrogen-bond donors (Lipinski definition) is 4. The molecule has 2 aliphatic heterocycles. The van der Waals surface area contributed by atoms with Gasteiger partial charge in [0.05, 0.1) is 48.7 Å². The van der Waals surface area contributed by atoms with E-state index in [1.54, 1.807) is 28.4 Å². The van der Waals surface area contributed by atoms with E-state index in [4.69, 9.17) is 14.5 Å². The summed E-state index contributed by atoms with van der Waals surface area (Å²) in [5, 5.41) is 5.37. The van der Waals surface area contributed by atoms with Crippen LogP contribution in [0, 0.1) is 11.8 Å². The van der Waals surface area contributed by atoms with Crippen LogP contribution in [0.15, 0.2) is 36.8 Å². The van der Waals surface area contributed by atoms with Gasteiger partial charge in [0.25, 0.3) is 0 Å². The molecule has 4 atom stereocenters. The van der Waals surface area contributed by atoms with Crippen molar-refractivity contribution in [2.75, 3.05) is 27.3 Å². The van der Waals surface area contributed by atoms with Crippen LogP contribution in [0.4, 0.5) is 9.59 Å². The summed E-state index contributed by atoms with van der Waals surface area (Å²) in [7, 11) is 2.57. The van der Waals surface area contributed by atoms with Crippen molar-refractivity contribution < 1.29 is 28.7 Å². The number of ether oxygens (including phenoxy) is 2. The number of fused-ring (bicyclic) bond motifs is 1. The number of nitrogens with one attached hydrogen (secondary N) is 4. The molecule has 0 bridgehead atoms. The van der Waals surface area contributed by atoms with E-state index >= 15 is 0 Å². The number of nitrogens with zero attached hydrogens (tertiary/aromatic N) is 6. The van der Waals surface area contributed by atoms with E-state index in [9.17, 15) is 19.2 Å². The van der Waals surface area contributed by atoms with Crippen LogP contribution >= 0.6 is 0 Å².